The lowest BCUT2D eigenvalue weighted by Crippen LogP contribution is -2.29. The van der Waals surface area contributed by atoms with Crippen LogP contribution in [0.15, 0.2) is 30.6 Å². The first-order valence-corrected chi connectivity index (χ1v) is 6.11. The van der Waals surface area contributed by atoms with E-state index in [0.29, 0.717) is 11.1 Å². The average molecular weight is 279 g/mol. The Kier molecular flexibility index (Phi) is 3.83. The number of aryl methyl sites for hydroxylation is 1. The predicted octanol–water partition coefficient (Wildman–Crippen LogP) is 2.53. The van der Waals surface area contributed by atoms with E-state index in [-0.39, 0.29) is 11.9 Å². The number of carbonyl (C=O) groups excluding carboxylic acids is 1. The Balaban J connectivity index is 2.21. The molecule has 106 valence electrons. The maximum absolute atomic E-state index is 13.2. The van der Waals surface area contributed by atoms with Gasteiger partial charge in [-0.05, 0) is 24.6 Å². The zero-order valence-electron chi connectivity index (χ0n) is 11.5. The molecular formula is C14H15F2N3O. The van der Waals surface area contributed by atoms with Crippen LogP contribution in [0.5, 0.6) is 0 Å². The molecule has 1 heterocycles. The zero-order chi connectivity index (χ0) is 14.9. The largest absolute Gasteiger partial charge is 0.335 e. The number of hydrogen-bond donors (Lipinski definition) is 0. The molecule has 20 heavy (non-hydrogen) atoms. The van der Waals surface area contributed by atoms with Gasteiger partial charge in [0.05, 0.1) is 17.8 Å². The Hall–Kier alpha value is -2.24. The second-order valence-corrected chi connectivity index (χ2v) is 4.67. The minimum absolute atomic E-state index is 0.227. The van der Waals surface area contributed by atoms with Crippen LogP contribution in [0.1, 0.15) is 28.9 Å². The minimum Gasteiger partial charge on any atom is -0.335 e. The first kappa shape index (κ1) is 14.2. The van der Waals surface area contributed by atoms with Gasteiger partial charge in [-0.25, -0.2) is 8.78 Å². The zero-order valence-corrected chi connectivity index (χ0v) is 11.5. The van der Waals surface area contributed by atoms with E-state index in [4.69, 9.17) is 0 Å². The van der Waals surface area contributed by atoms with E-state index < -0.39 is 11.6 Å². The third-order valence-corrected chi connectivity index (χ3v) is 3.28. The lowest BCUT2D eigenvalue weighted by atomic mass is 10.1. The molecule has 0 spiro atoms. The fraction of sp³-hybridized carbons (Fsp3) is 0.286. The molecule has 0 aliphatic heterocycles. The molecule has 0 fully saturated rings. The molecule has 0 N–H and O–H groups in total. The summed E-state index contributed by atoms with van der Waals surface area (Å²) in [6, 6.07) is 3.25. The van der Waals surface area contributed by atoms with Gasteiger partial charge in [-0.1, -0.05) is 6.07 Å². The van der Waals surface area contributed by atoms with Crippen LogP contribution in [0, 0.1) is 11.6 Å². The first-order valence-electron chi connectivity index (χ1n) is 6.11. The van der Waals surface area contributed by atoms with Crippen molar-refractivity contribution in [3.05, 3.63) is 53.4 Å². The van der Waals surface area contributed by atoms with Crippen LogP contribution >= 0.6 is 0 Å². The highest BCUT2D eigenvalue weighted by Gasteiger charge is 2.20. The van der Waals surface area contributed by atoms with Crippen molar-refractivity contribution < 1.29 is 13.6 Å². The summed E-state index contributed by atoms with van der Waals surface area (Å²) < 4.78 is 27.7. The van der Waals surface area contributed by atoms with Crippen molar-refractivity contribution in [2.24, 2.45) is 7.05 Å². The maximum atomic E-state index is 13.2. The summed E-state index contributed by atoms with van der Waals surface area (Å²) in [4.78, 5) is 13.7. The molecule has 0 aliphatic rings. The fourth-order valence-electron chi connectivity index (χ4n) is 1.91. The topological polar surface area (TPSA) is 38.1 Å². The number of rotatable bonds is 3. The summed E-state index contributed by atoms with van der Waals surface area (Å²) in [5.74, 6) is -2.05. The van der Waals surface area contributed by atoms with Crippen molar-refractivity contribution in [2.75, 3.05) is 7.05 Å². The van der Waals surface area contributed by atoms with E-state index in [1.54, 1.807) is 27.2 Å². The highest BCUT2D eigenvalue weighted by Crippen LogP contribution is 2.22. The Morgan fingerprint density at radius 2 is 2.05 bits per heavy atom. The number of benzene rings is 1. The number of halogens is 2. The molecular weight excluding hydrogens is 264 g/mol. The summed E-state index contributed by atoms with van der Waals surface area (Å²) in [6.45, 7) is 1.75. The van der Waals surface area contributed by atoms with E-state index in [0.717, 1.165) is 12.1 Å². The van der Waals surface area contributed by atoms with E-state index in [1.807, 2.05) is 0 Å². The Morgan fingerprint density at radius 3 is 2.60 bits per heavy atom. The normalized spacial score (nSPS) is 12.2. The minimum atomic E-state index is -0.920. The van der Waals surface area contributed by atoms with Crippen molar-refractivity contribution >= 4 is 5.91 Å². The first-order chi connectivity index (χ1) is 9.40. The molecule has 0 unspecified atom stereocenters. The van der Waals surface area contributed by atoms with Crippen molar-refractivity contribution in [2.45, 2.75) is 13.0 Å². The molecule has 1 atom stereocenters. The van der Waals surface area contributed by atoms with Crippen LogP contribution in [0.2, 0.25) is 0 Å². The van der Waals surface area contributed by atoms with E-state index in [9.17, 15) is 13.6 Å². The molecule has 6 heteroatoms. The number of carbonyl (C=O) groups is 1. The molecule has 0 bridgehead atoms. The van der Waals surface area contributed by atoms with Gasteiger partial charge in [-0.2, -0.15) is 5.10 Å². The molecule has 2 aromatic rings. The van der Waals surface area contributed by atoms with Crippen molar-refractivity contribution in [1.82, 2.24) is 14.7 Å². The molecule has 1 aromatic carbocycles. The smallest absolute Gasteiger partial charge is 0.257 e. The van der Waals surface area contributed by atoms with Gasteiger partial charge < -0.3 is 4.90 Å². The summed E-state index contributed by atoms with van der Waals surface area (Å²) in [7, 11) is 3.33. The lowest BCUT2D eigenvalue weighted by Gasteiger charge is -2.25. The molecule has 0 saturated carbocycles. The number of amides is 1. The molecule has 0 aliphatic carbocycles. The molecule has 4 nitrogen and oxygen atoms in total. The van der Waals surface area contributed by atoms with Crippen LogP contribution in [-0.4, -0.2) is 27.6 Å². The highest BCUT2D eigenvalue weighted by molar-refractivity contribution is 5.93. The van der Waals surface area contributed by atoms with Gasteiger partial charge >= 0.3 is 0 Å². The van der Waals surface area contributed by atoms with Gasteiger partial charge in [0.1, 0.15) is 0 Å². The van der Waals surface area contributed by atoms with Crippen LogP contribution < -0.4 is 0 Å². The Bertz CT molecular complexity index is 639. The third kappa shape index (κ3) is 2.68. The van der Waals surface area contributed by atoms with Crippen LogP contribution in [0.4, 0.5) is 8.78 Å². The second-order valence-electron chi connectivity index (χ2n) is 4.67. The van der Waals surface area contributed by atoms with Gasteiger partial charge in [0, 0.05) is 20.3 Å². The van der Waals surface area contributed by atoms with Gasteiger partial charge in [-0.3, -0.25) is 9.48 Å². The lowest BCUT2D eigenvalue weighted by molar-refractivity contribution is 0.0742. The summed E-state index contributed by atoms with van der Waals surface area (Å²) in [5.41, 5.74) is 0.980. The van der Waals surface area contributed by atoms with E-state index in [1.165, 1.54) is 21.8 Å². The molecule has 0 saturated heterocycles. The van der Waals surface area contributed by atoms with E-state index in [2.05, 4.69) is 5.10 Å². The van der Waals surface area contributed by atoms with Crippen LogP contribution in [-0.2, 0) is 7.05 Å². The number of aromatic nitrogens is 2. The quantitative estimate of drug-likeness (QED) is 0.866. The third-order valence-electron chi connectivity index (χ3n) is 3.28. The van der Waals surface area contributed by atoms with Crippen molar-refractivity contribution in [1.29, 1.82) is 0 Å². The maximum Gasteiger partial charge on any atom is 0.257 e. The summed E-state index contributed by atoms with van der Waals surface area (Å²) in [6.07, 6.45) is 3.08. The average Bonchev–Trinajstić information content (AvgIpc) is 2.86. The fourth-order valence-corrected chi connectivity index (χ4v) is 1.91. The van der Waals surface area contributed by atoms with Gasteiger partial charge in [0.15, 0.2) is 11.6 Å². The van der Waals surface area contributed by atoms with Crippen molar-refractivity contribution in [3.63, 3.8) is 0 Å². The second kappa shape index (κ2) is 5.40. The van der Waals surface area contributed by atoms with Gasteiger partial charge in [0.25, 0.3) is 5.91 Å². The Labute approximate surface area is 115 Å². The standard InChI is InChI=1S/C14H15F2N3O/c1-9(10-4-5-12(15)13(16)6-10)19(3)14(20)11-7-17-18(2)8-11/h4-9H,1-3H3/t9-/m1/s1. The van der Waals surface area contributed by atoms with E-state index >= 15 is 0 Å². The Morgan fingerprint density at radius 1 is 1.35 bits per heavy atom. The van der Waals surface area contributed by atoms with Crippen molar-refractivity contribution in [3.8, 4) is 0 Å². The van der Waals surface area contributed by atoms with Gasteiger partial charge in [0.2, 0.25) is 0 Å². The van der Waals surface area contributed by atoms with Crippen LogP contribution in [0.3, 0.4) is 0 Å². The monoisotopic (exact) mass is 279 g/mol. The number of hydrogen-bond acceptors (Lipinski definition) is 2. The molecule has 0 radical (unpaired) electrons. The number of nitrogens with zero attached hydrogens (tertiary/aromatic N) is 3. The van der Waals surface area contributed by atoms with Crippen LogP contribution in [0.25, 0.3) is 0 Å². The molecule has 1 amide bonds. The SMILES string of the molecule is C[C@H](c1ccc(F)c(F)c1)N(C)C(=O)c1cnn(C)c1. The summed E-state index contributed by atoms with van der Waals surface area (Å²) >= 11 is 0. The molecule has 2 rings (SSSR count). The predicted molar refractivity (Wildman–Crippen MR) is 70.1 cm³/mol. The highest BCUT2D eigenvalue weighted by atomic mass is 19.2. The van der Waals surface area contributed by atoms with Gasteiger partial charge in [-0.15, -0.1) is 0 Å². The molecule has 1 aromatic heterocycles. The summed E-state index contributed by atoms with van der Waals surface area (Å²) in [5, 5.41) is 3.94.